The zero-order chi connectivity index (χ0) is 12.1. The van der Waals surface area contributed by atoms with E-state index in [0.29, 0.717) is 0 Å². The Balaban J connectivity index is 0. The number of benzene rings is 1. The highest BCUT2D eigenvalue weighted by molar-refractivity contribution is 5.16. The number of carbonyl (C=O) groups is 1. The second-order valence-corrected chi connectivity index (χ2v) is 2.21. The van der Waals surface area contributed by atoms with Gasteiger partial charge in [0.25, 0.3) is 0 Å². The fraction of sp³-hybridized carbons (Fsp3) is 0.364. The highest BCUT2D eigenvalue weighted by atomic mass is 16.3. The van der Waals surface area contributed by atoms with Crippen molar-refractivity contribution in [3.8, 4) is 0 Å². The second kappa shape index (κ2) is 12.8. The molecular formula is C11H20N2O2. The first-order valence-corrected chi connectivity index (χ1v) is 4.78. The molecule has 1 rings (SSSR count). The molecule has 0 saturated carbocycles. The van der Waals surface area contributed by atoms with Crippen molar-refractivity contribution in [2.45, 2.75) is 20.1 Å². The van der Waals surface area contributed by atoms with Crippen LogP contribution in [0.15, 0.2) is 30.3 Å². The van der Waals surface area contributed by atoms with Crippen LogP contribution in [0.2, 0.25) is 0 Å². The van der Waals surface area contributed by atoms with Crippen molar-refractivity contribution in [3.05, 3.63) is 35.9 Å². The minimum atomic E-state index is -0.638. The Morgan fingerprint density at radius 3 is 2.07 bits per heavy atom. The van der Waals surface area contributed by atoms with Gasteiger partial charge >= 0.3 is 0 Å². The Kier molecular flexibility index (Phi) is 13.8. The molecule has 0 bridgehead atoms. The molecule has 0 saturated heterocycles. The van der Waals surface area contributed by atoms with Crippen LogP contribution in [0, 0.1) is 0 Å². The van der Waals surface area contributed by atoms with Crippen LogP contribution in [0.1, 0.15) is 25.6 Å². The molecule has 4 heteroatoms. The molecule has 3 N–H and O–H groups in total. The van der Waals surface area contributed by atoms with E-state index in [-0.39, 0.29) is 0 Å². The highest BCUT2D eigenvalue weighted by Crippen LogP contribution is 2.06. The van der Waals surface area contributed by atoms with Gasteiger partial charge < -0.3 is 9.90 Å². The number of hydrogen-bond donors (Lipinski definition) is 3. The molecule has 1 aromatic carbocycles. The van der Waals surface area contributed by atoms with Crippen LogP contribution in [0.4, 0.5) is 0 Å². The van der Waals surface area contributed by atoms with E-state index in [1.165, 1.54) is 0 Å². The van der Waals surface area contributed by atoms with E-state index in [4.69, 9.17) is 4.79 Å². The van der Waals surface area contributed by atoms with Gasteiger partial charge in [-0.25, -0.2) is 5.43 Å². The third-order valence-corrected chi connectivity index (χ3v) is 1.40. The minimum Gasteiger partial charge on any atom is -0.373 e. The maximum Gasteiger partial charge on any atom is 0.143 e. The topological polar surface area (TPSA) is 61.4 Å². The molecule has 0 aliphatic carbocycles. The van der Waals surface area contributed by atoms with Gasteiger partial charge in [0.2, 0.25) is 0 Å². The van der Waals surface area contributed by atoms with Crippen LogP contribution in [0.3, 0.4) is 0 Å². The predicted molar refractivity (Wildman–Crippen MR) is 62.1 cm³/mol. The summed E-state index contributed by atoms with van der Waals surface area (Å²) < 4.78 is 0. The Morgan fingerprint density at radius 1 is 1.20 bits per heavy atom. The van der Waals surface area contributed by atoms with Crippen LogP contribution in [-0.2, 0) is 4.79 Å². The average molecular weight is 212 g/mol. The number of carbonyl (C=O) groups excluding carboxylic acids is 1. The van der Waals surface area contributed by atoms with Crippen LogP contribution >= 0.6 is 0 Å². The summed E-state index contributed by atoms with van der Waals surface area (Å²) in [4.78, 5) is 8.00. The van der Waals surface area contributed by atoms with E-state index < -0.39 is 6.23 Å². The van der Waals surface area contributed by atoms with Crippen LogP contribution < -0.4 is 10.9 Å². The Hall–Kier alpha value is -1.23. The number of nitrogens with one attached hydrogen (secondary N) is 2. The third kappa shape index (κ3) is 7.81. The molecule has 0 radical (unpaired) electrons. The fourth-order valence-electron chi connectivity index (χ4n) is 0.855. The number of hydrazine groups is 1. The first kappa shape index (κ1) is 16.2. The molecule has 15 heavy (non-hydrogen) atoms. The van der Waals surface area contributed by atoms with Crippen molar-refractivity contribution >= 4 is 6.79 Å². The van der Waals surface area contributed by atoms with Crippen molar-refractivity contribution in [2.24, 2.45) is 0 Å². The van der Waals surface area contributed by atoms with E-state index >= 15 is 0 Å². The van der Waals surface area contributed by atoms with Gasteiger partial charge in [-0.3, -0.25) is 5.43 Å². The molecule has 0 aromatic heterocycles. The lowest BCUT2D eigenvalue weighted by Crippen LogP contribution is -2.31. The zero-order valence-corrected chi connectivity index (χ0v) is 9.53. The normalized spacial score (nSPS) is 10.1. The Labute approximate surface area is 91.3 Å². The van der Waals surface area contributed by atoms with Gasteiger partial charge in [0, 0.05) is 0 Å². The molecule has 0 aliphatic heterocycles. The van der Waals surface area contributed by atoms with Crippen molar-refractivity contribution in [2.75, 3.05) is 7.05 Å². The van der Waals surface area contributed by atoms with Gasteiger partial charge in [-0.15, -0.1) is 0 Å². The minimum absolute atomic E-state index is 0.638. The lowest BCUT2D eigenvalue weighted by Gasteiger charge is -2.10. The number of rotatable bonds is 3. The maximum absolute atomic E-state index is 9.35. The quantitative estimate of drug-likeness (QED) is 0.521. The highest BCUT2D eigenvalue weighted by Gasteiger charge is 2.01. The van der Waals surface area contributed by atoms with Gasteiger partial charge in [-0.05, 0) is 12.6 Å². The SMILES string of the molecule is C=O.CC.CNNC(O)c1ccccc1. The summed E-state index contributed by atoms with van der Waals surface area (Å²) in [5.41, 5.74) is 6.18. The molecule has 0 amide bonds. The van der Waals surface area contributed by atoms with Gasteiger partial charge in [0.05, 0.1) is 0 Å². The standard InChI is InChI=1S/C8H12N2O.C2H6.CH2O/c1-9-10-8(11)7-5-3-2-4-6-7;2*1-2/h2-6,8-11H,1H3;1-2H3;1H2. The first-order chi connectivity index (χ1) is 7.34. The third-order valence-electron chi connectivity index (χ3n) is 1.40. The first-order valence-electron chi connectivity index (χ1n) is 4.78. The molecule has 1 aromatic rings. The van der Waals surface area contributed by atoms with E-state index in [1.807, 2.05) is 51.0 Å². The Morgan fingerprint density at radius 2 is 1.67 bits per heavy atom. The molecule has 0 heterocycles. The van der Waals surface area contributed by atoms with Crippen molar-refractivity contribution in [3.63, 3.8) is 0 Å². The average Bonchev–Trinajstić information content (AvgIpc) is 2.36. The molecule has 0 spiro atoms. The summed E-state index contributed by atoms with van der Waals surface area (Å²) in [7, 11) is 1.71. The van der Waals surface area contributed by atoms with Gasteiger partial charge in [-0.2, -0.15) is 0 Å². The summed E-state index contributed by atoms with van der Waals surface area (Å²) in [5, 5.41) is 9.35. The van der Waals surface area contributed by atoms with Crippen LogP contribution in [-0.4, -0.2) is 18.9 Å². The molecule has 0 aliphatic rings. The van der Waals surface area contributed by atoms with Gasteiger partial charge in [0.15, 0.2) is 0 Å². The zero-order valence-electron chi connectivity index (χ0n) is 9.53. The second-order valence-electron chi connectivity index (χ2n) is 2.21. The van der Waals surface area contributed by atoms with E-state index in [1.54, 1.807) is 7.05 Å². The smallest absolute Gasteiger partial charge is 0.143 e. The number of hydrogen-bond acceptors (Lipinski definition) is 4. The van der Waals surface area contributed by atoms with Gasteiger partial charge in [0.1, 0.15) is 13.0 Å². The van der Waals surface area contributed by atoms with E-state index in [2.05, 4.69) is 10.9 Å². The van der Waals surface area contributed by atoms with Crippen molar-refractivity contribution in [1.82, 2.24) is 10.9 Å². The summed E-state index contributed by atoms with van der Waals surface area (Å²) in [6.07, 6.45) is -0.638. The molecular weight excluding hydrogens is 192 g/mol. The number of aliphatic hydroxyl groups is 1. The largest absolute Gasteiger partial charge is 0.373 e. The molecule has 1 unspecified atom stereocenters. The molecule has 1 atom stereocenters. The molecule has 86 valence electrons. The maximum atomic E-state index is 9.35. The van der Waals surface area contributed by atoms with Crippen LogP contribution in [0.5, 0.6) is 0 Å². The monoisotopic (exact) mass is 212 g/mol. The Bertz CT molecular complexity index is 217. The number of aliphatic hydroxyl groups excluding tert-OH is 1. The van der Waals surface area contributed by atoms with Gasteiger partial charge in [-0.1, -0.05) is 44.2 Å². The summed E-state index contributed by atoms with van der Waals surface area (Å²) >= 11 is 0. The lowest BCUT2D eigenvalue weighted by molar-refractivity contribution is -0.0979. The van der Waals surface area contributed by atoms with Crippen molar-refractivity contribution in [1.29, 1.82) is 0 Å². The summed E-state index contributed by atoms with van der Waals surface area (Å²) in [5.74, 6) is 0. The molecule has 0 fully saturated rings. The molecule has 4 nitrogen and oxygen atoms in total. The fourth-order valence-corrected chi connectivity index (χ4v) is 0.855. The van der Waals surface area contributed by atoms with Crippen LogP contribution in [0.25, 0.3) is 0 Å². The summed E-state index contributed by atoms with van der Waals surface area (Å²) in [6.45, 7) is 6.00. The lowest BCUT2D eigenvalue weighted by atomic mass is 10.2. The van der Waals surface area contributed by atoms with E-state index in [0.717, 1.165) is 5.56 Å². The van der Waals surface area contributed by atoms with E-state index in [9.17, 15) is 5.11 Å². The summed E-state index contributed by atoms with van der Waals surface area (Å²) in [6, 6.07) is 9.39. The van der Waals surface area contributed by atoms with Crippen molar-refractivity contribution < 1.29 is 9.90 Å². The predicted octanol–water partition coefficient (Wildman–Crippen LogP) is 1.24.